The zero-order valence-corrected chi connectivity index (χ0v) is 12.6. The lowest BCUT2D eigenvalue weighted by atomic mass is 10.2. The van der Waals surface area contributed by atoms with Crippen molar-refractivity contribution in [3.8, 4) is 5.75 Å². The number of phenolic OH excluding ortho intramolecular Hbond substituents is 1. The number of carbonyl (C=O) groups is 1. The number of carbonyl (C=O) groups excluding carboxylic acids is 1. The summed E-state index contributed by atoms with van der Waals surface area (Å²) in [4.78, 5) is 11.6. The second kappa shape index (κ2) is 6.03. The summed E-state index contributed by atoms with van der Waals surface area (Å²) < 4.78 is 6.41. The maximum Gasteiger partial charge on any atom is 0.307 e. The highest BCUT2D eigenvalue weighted by Crippen LogP contribution is 2.20. The summed E-state index contributed by atoms with van der Waals surface area (Å²) in [5.74, 6) is -0.268. The molecule has 98 valence electrons. The molecule has 0 radical (unpaired) electrons. The van der Waals surface area contributed by atoms with Crippen LogP contribution in [-0.2, 0) is 0 Å². The van der Waals surface area contributed by atoms with E-state index in [9.17, 15) is 9.90 Å². The molecule has 2 rings (SSSR count). The molecule has 5 nitrogen and oxygen atoms in total. The highest BCUT2D eigenvalue weighted by Gasteiger charge is 2.08. The highest BCUT2D eigenvalue weighted by atomic mass is 79.9. The first kappa shape index (κ1) is 13.8. The summed E-state index contributed by atoms with van der Waals surface area (Å²) in [7, 11) is 0. The van der Waals surface area contributed by atoms with Gasteiger partial charge in [-0.1, -0.05) is 15.9 Å². The third-order valence-corrected chi connectivity index (χ3v) is 3.06. The van der Waals surface area contributed by atoms with E-state index in [1.807, 2.05) is 0 Å². The van der Waals surface area contributed by atoms with E-state index in [1.165, 1.54) is 24.6 Å². The minimum atomic E-state index is -0.474. The van der Waals surface area contributed by atoms with E-state index < -0.39 is 5.91 Å². The van der Waals surface area contributed by atoms with E-state index in [0.29, 0.717) is 10.0 Å². The van der Waals surface area contributed by atoms with Crippen LogP contribution in [0.25, 0.3) is 0 Å². The van der Waals surface area contributed by atoms with Crippen LogP contribution in [-0.4, -0.2) is 17.2 Å². The van der Waals surface area contributed by atoms with Gasteiger partial charge in [0, 0.05) is 16.1 Å². The number of nitrogens with zero attached hydrogens (tertiary/aromatic N) is 1. The van der Waals surface area contributed by atoms with Gasteiger partial charge >= 0.3 is 5.91 Å². The molecule has 0 fully saturated rings. The van der Waals surface area contributed by atoms with Gasteiger partial charge in [0.1, 0.15) is 12.0 Å². The largest absolute Gasteiger partial charge is 0.507 e. The van der Waals surface area contributed by atoms with E-state index in [2.05, 4.69) is 42.4 Å². The molecule has 0 unspecified atom stereocenters. The third kappa shape index (κ3) is 3.68. The summed E-state index contributed by atoms with van der Waals surface area (Å²) >= 11 is 6.40. The molecular formula is C12H8Br2N2O3. The van der Waals surface area contributed by atoms with Crippen LogP contribution in [0.4, 0.5) is 0 Å². The van der Waals surface area contributed by atoms with E-state index in [4.69, 9.17) is 4.42 Å². The molecule has 0 saturated carbocycles. The fraction of sp³-hybridized carbons (Fsp3) is 0. The second-order valence-electron chi connectivity index (χ2n) is 3.53. The standard InChI is InChI=1S/C12H8Br2N2O3/c13-8-2-1-7(10(17)3-8)5-15-16-12(18)11-4-9(14)6-19-11/h1-6,17H,(H,16,18). The summed E-state index contributed by atoms with van der Waals surface area (Å²) in [5.41, 5.74) is 2.79. The number of amides is 1. The van der Waals surface area contributed by atoms with E-state index >= 15 is 0 Å². The molecule has 0 bridgehead atoms. The van der Waals surface area contributed by atoms with Gasteiger partial charge in [-0.2, -0.15) is 5.10 Å². The lowest BCUT2D eigenvalue weighted by Gasteiger charge is -1.99. The number of hydrogen-bond donors (Lipinski definition) is 2. The summed E-state index contributed by atoms with van der Waals surface area (Å²) in [6, 6.07) is 6.49. The molecule has 0 atom stereocenters. The average Bonchev–Trinajstić information content (AvgIpc) is 2.78. The van der Waals surface area contributed by atoms with Gasteiger partial charge in [0.05, 0.1) is 10.7 Å². The van der Waals surface area contributed by atoms with Gasteiger partial charge in [-0.25, -0.2) is 5.43 Å². The summed E-state index contributed by atoms with van der Waals surface area (Å²) in [6.45, 7) is 0. The number of halogens is 2. The van der Waals surface area contributed by atoms with Crippen molar-refractivity contribution in [2.24, 2.45) is 5.10 Å². The maximum atomic E-state index is 11.6. The van der Waals surface area contributed by atoms with Crippen LogP contribution >= 0.6 is 31.9 Å². The topological polar surface area (TPSA) is 74.8 Å². The van der Waals surface area contributed by atoms with E-state index in [0.717, 1.165) is 4.47 Å². The second-order valence-corrected chi connectivity index (χ2v) is 5.36. The Bertz CT molecular complexity index is 638. The van der Waals surface area contributed by atoms with Crippen LogP contribution < -0.4 is 5.43 Å². The Kier molecular flexibility index (Phi) is 4.39. The Hall–Kier alpha value is -1.60. The molecule has 0 aliphatic carbocycles. The number of hydrazone groups is 1. The van der Waals surface area contributed by atoms with E-state index in [-0.39, 0.29) is 11.5 Å². The van der Waals surface area contributed by atoms with Crippen molar-refractivity contribution in [1.82, 2.24) is 5.43 Å². The minimum Gasteiger partial charge on any atom is -0.507 e. The number of phenols is 1. The molecule has 2 N–H and O–H groups in total. The monoisotopic (exact) mass is 386 g/mol. The van der Waals surface area contributed by atoms with Crippen molar-refractivity contribution >= 4 is 44.0 Å². The molecule has 0 spiro atoms. The molecule has 1 aromatic carbocycles. The Morgan fingerprint density at radius 1 is 1.32 bits per heavy atom. The van der Waals surface area contributed by atoms with Gasteiger partial charge in [0.25, 0.3) is 0 Å². The van der Waals surface area contributed by atoms with Crippen molar-refractivity contribution in [3.05, 3.63) is 50.8 Å². The first-order valence-corrected chi connectivity index (χ1v) is 6.71. The van der Waals surface area contributed by atoms with Crippen LogP contribution in [0.5, 0.6) is 5.75 Å². The highest BCUT2D eigenvalue weighted by molar-refractivity contribution is 9.10. The Labute approximate surface area is 125 Å². The van der Waals surface area contributed by atoms with Gasteiger partial charge in [-0.15, -0.1) is 0 Å². The van der Waals surface area contributed by atoms with Crippen molar-refractivity contribution in [2.75, 3.05) is 0 Å². The lowest BCUT2D eigenvalue weighted by molar-refractivity contribution is 0.0927. The van der Waals surface area contributed by atoms with Crippen molar-refractivity contribution in [1.29, 1.82) is 0 Å². The number of hydrogen-bond acceptors (Lipinski definition) is 4. The average molecular weight is 388 g/mol. The number of benzene rings is 1. The molecule has 2 aromatic rings. The van der Waals surface area contributed by atoms with Crippen LogP contribution in [0.3, 0.4) is 0 Å². The van der Waals surface area contributed by atoms with Crippen molar-refractivity contribution in [3.63, 3.8) is 0 Å². The lowest BCUT2D eigenvalue weighted by Crippen LogP contribution is -2.16. The molecule has 1 heterocycles. The van der Waals surface area contributed by atoms with Gasteiger partial charge in [0.15, 0.2) is 5.76 Å². The minimum absolute atomic E-state index is 0.0631. The summed E-state index contributed by atoms with van der Waals surface area (Å²) in [5, 5.41) is 13.4. The number of aromatic hydroxyl groups is 1. The van der Waals surface area contributed by atoms with Gasteiger partial charge in [0.2, 0.25) is 0 Å². The van der Waals surface area contributed by atoms with Gasteiger partial charge < -0.3 is 9.52 Å². The van der Waals surface area contributed by atoms with E-state index in [1.54, 1.807) is 12.1 Å². The zero-order valence-electron chi connectivity index (χ0n) is 9.43. The molecule has 7 heteroatoms. The van der Waals surface area contributed by atoms with Gasteiger partial charge in [-0.05, 0) is 34.1 Å². The SMILES string of the molecule is O=C(NN=Cc1ccc(Br)cc1O)c1cc(Br)co1. The maximum absolute atomic E-state index is 11.6. The Morgan fingerprint density at radius 3 is 2.74 bits per heavy atom. The third-order valence-electron chi connectivity index (χ3n) is 2.15. The number of rotatable bonds is 3. The van der Waals surface area contributed by atoms with Crippen LogP contribution in [0, 0.1) is 0 Å². The summed E-state index contributed by atoms with van der Waals surface area (Å²) in [6.07, 6.45) is 2.75. The molecule has 0 aliphatic heterocycles. The quantitative estimate of drug-likeness (QED) is 0.626. The first-order valence-electron chi connectivity index (χ1n) is 5.12. The predicted octanol–water partition coefficient (Wildman–Crippen LogP) is 3.27. The molecular weight excluding hydrogens is 380 g/mol. The Balaban J connectivity index is 2.02. The smallest absolute Gasteiger partial charge is 0.307 e. The molecule has 1 amide bonds. The molecule has 19 heavy (non-hydrogen) atoms. The van der Waals surface area contributed by atoms with Gasteiger partial charge in [-0.3, -0.25) is 4.79 Å². The number of furan rings is 1. The fourth-order valence-electron chi connectivity index (χ4n) is 1.27. The molecule has 0 saturated heterocycles. The van der Waals surface area contributed by atoms with Crippen LogP contribution in [0.2, 0.25) is 0 Å². The van der Waals surface area contributed by atoms with Crippen molar-refractivity contribution < 1.29 is 14.3 Å². The normalized spacial score (nSPS) is 10.8. The van der Waals surface area contributed by atoms with Crippen molar-refractivity contribution in [2.45, 2.75) is 0 Å². The molecule has 1 aromatic heterocycles. The fourth-order valence-corrected chi connectivity index (χ4v) is 1.92. The predicted molar refractivity (Wildman–Crippen MR) is 77.3 cm³/mol. The Morgan fingerprint density at radius 2 is 2.11 bits per heavy atom. The number of nitrogens with one attached hydrogen (secondary N) is 1. The first-order chi connectivity index (χ1) is 9.06. The zero-order chi connectivity index (χ0) is 13.8. The van der Waals surface area contributed by atoms with Crippen LogP contribution in [0.15, 0.2) is 49.0 Å². The van der Waals surface area contributed by atoms with Crippen LogP contribution in [0.1, 0.15) is 16.1 Å². The molecule has 0 aliphatic rings.